The summed E-state index contributed by atoms with van der Waals surface area (Å²) in [6.45, 7) is -0.274. The summed E-state index contributed by atoms with van der Waals surface area (Å²) in [5, 5.41) is 9.06. The summed E-state index contributed by atoms with van der Waals surface area (Å²) < 4.78 is 38.8. The molecule has 0 aliphatic heterocycles. The van der Waals surface area contributed by atoms with Crippen LogP contribution in [-0.2, 0) is 6.54 Å². The second-order valence-electron chi connectivity index (χ2n) is 2.59. The predicted molar refractivity (Wildman–Crippen MR) is 43.3 cm³/mol. The summed E-state index contributed by atoms with van der Waals surface area (Å²) in [5.41, 5.74) is 3.89. The molecule has 1 aromatic heterocycles. The number of nitrogens with two attached hydrogens (primary N) is 1. The van der Waals surface area contributed by atoms with E-state index in [4.69, 9.17) is 10.8 Å². The second-order valence-corrected chi connectivity index (χ2v) is 2.59. The predicted octanol–water partition coefficient (Wildman–Crippen LogP) is 0.438. The third-order valence-electron chi connectivity index (χ3n) is 1.51. The van der Waals surface area contributed by atoms with Crippen LogP contribution in [0.4, 0.5) is 13.2 Å². The maximum atomic E-state index is 11.8. The quantitative estimate of drug-likeness (QED) is 0.680. The number of pyridine rings is 1. The number of hydrogen-bond donors (Lipinski definition) is 3. The van der Waals surface area contributed by atoms with Crippen molar-refractivity contribution in [1.29, 1.82) is 0 Å². The summed E-state index contributed by atoms with van der Waals surface area (Å²) in [4.78, 5) is 12.6. The van der Waals surface area contributed by atoms with E-state index in [1.165, 1.54) is 0 Å². The highest BCUT2D eigenvalue weighted by atomic mass is 19.4. The molecule has 0 fully saturated rings. The molecule has 1 heterocycles. The SMILES string of the molecule is NCc1cc(OC(F)(F)F)[nH]c(=O)c1O. The topological polar surface area (TPSA) is 88.3 Å². The van der Waals surface area contributed by atoms with Crippen LogP contribution in [-0.4, -0.2) is 16.5 Å². The van der Waals surface area contributed by atoms with Crippen LogP contribution in [0, 0.1) is 0 Å². The zero-order chi connectivity index (χ0) is 11.6. The van der Waals surface area contributed by atoms with Crippen LogP contribution in [0.3, 0.4) is 0 Å². The summed E-state index contributed by atoms with van der Waals surface area (Å²) in [5.74, 6) is -1.53. The molecule has 8 heteroatoms. The molecule has 0 bridgehead atoms. The normalized spacial score (nSPS) is 11.5. The van der Waals surface area contributed by atoms with Gasteiger partial charge >= 0.3 is 6.36 Å². The smallest absolute Gasteiger partial charge is 0.503 e. The number of rotatable bonds is 2. The minimum absolute atomic E-state index is 0.127. The Morgan fingerprint density at radius 3 is 2.60 bits per heavy atom. The van der Waals surface area contributed by atoms with Gasteiger partial charge in [0, 0.05) is 18.2 Å². The van der Waals surface area contributed by atoms with Gasteiger partial charge in [-0.3, -0.25) is 9.78 Å². The van der Waals surface area contributed by atoms with Gasteiger partial charge in [0.1, 0.15) is 0 Å². The lowest BCUT2D eigenvalue weighted by molar-refractivity contribution is -0.276. The van der Waals surface area contributed by atoms with Gasteiger partial charge in [-0.1, -0.05) is 0 Å². The Hall–Kier alpha value is -1.70. The molecule has 0 unspecified atom stereocenters. The Morgan fingerprint density at radius 2 is 2.13 bits per heavy atom. The van der Waals surface area contributed by atoms with Crippen LogP contribution in [0.1, 0.15) is 5.56 Å². The van der Waals surface area contributed by atoms with Gasteiger partial charge in [-0.15, -0.1) is 13.2 Å². The first-order valence-corrected chi connectivity index (χ1v) is 3.74. The highest BCUT2D eigenvalue weighted by molar-refractivity contribution is 5.33. The fourth-order valence-electron chi connectivity index (χ4n) is 0.915. The van der Waals surface area contributed by atoms with Gasteiger partial charge in [-0.2, -0.15) is 0 Å². The molecule has 4 N–H and O–H groups in total. The van der Waals surface area contributed by atoms with Gasteiger partial charge in [0.2, 0.25) is 5.88 Å². The van der Waals surface area contributed by atoms with E-state index >= 15 is 0 Å². The summed E-state index contributed by atoms with van der Waals surface area (Å²) >= 11 is 0. The van der Waals surface area contributed by atoms with Crippen molar-refractivity contribution < 1.29 is 23.0 Å². The van der Waals surface area contributed by atoms with Crippen molar-refractivity contribution >= 4 is 0 Å². The zero-order valence-corrected chi connectivity index (χ0v) is 7.26. The monoisotopic (exact) mass is 224 g/mol. The fraction of sp³-hybridized carbons (Fsp3) is 0.286. The van der Waals surface area contributed by atoms with E-state index in [-0.39, 0.29) is 12.1 Å². The Morgan fingerprint density at radius 1 is 1.53 bits per heavy atom. The first-order valence-electron chi connectivity index (χ1n) is 3.74. The van der Waals surface area contributed by atoms with Crippen LogP contribution in [0.25, 0.3) is 0 Å². The first-order chi connectivity index (χ1) is 6.83. The average molecular weight is 224 g/mol. The van der Waals surface area contributed by atoms with Crippen molar-refractivity contribution in [2.75, 3.05) is 0 Å². The van der Waals surface area contributed by atoms with Crippen molar-refractivity contribution in [3.8, 4) is 11.6 Å². The molecule has 0 aromatic carbocycles. The van der Waals surface area contributed by atoms with Crippen molar-refractivity contribution in [2.24, 2.45) is 5.73 Å². The first kappa shape index (κ1) is 11.4. The van der Waals surface area contributed by atoms with Gasteiger partial charge in [0.15, 0.2) is 5.75 Å². The molecule has 0 amide bonds. The Labute approximate surface area is 81.3 Å². The molecule has 1 rings (SSSR count). The van der Waals surface area contributed by atoms with Gasteiger partial charge in [-0.25, -0.2) is 0 Å². The molecule has 0 spiro atoms. The minimum atomic E-state index is -4.91. The number of hydrogen-bond acceptors (Lipinski definition) is 4. The number of aromatic nitrogens is 1. The number of halogens is 3. The van der Waals surface area contributed by atoms with E-state index in [1.807, 2.05) is 0 Å². The highest BCUT2D eigenvalue weighted by Crippen LogP contribution is 2.22. The largest absolute Gasteiger partial charge is 0.574 e. The zero-order valence-electron chi connectivity index (χ0n) is 7.26. The summed E-state index contributed by atoms with van der Waals surface area (Å²) in [6.07, 6.45) is -4.91. The maximum Gasteiger partial charge on any atom is 0.574 e. The lowest BCUT2D eigenvalue weighted by Crippen LogP contribution is -2.21. The van der Waals surface area contributed by atoms with Gasteiger partial charge in [0.25, 0.3) is 5.56 Å². The summed E-state index contributed by atoms with van der Waals surface area (Å²) in [6, 6.07) is 0.810. The molecule has 0 saturated carbocycles. The van der Waals surface area contributed by atoms with Crippen molar-refractivity contribution in [3.05, 3.63) is 22.0 Å². The number of H-pyrrole nitrogens is 1. The van der Waals surface area contributed by atoms with Crippen LogP contribution >= 0.6 is 0 Å². The van der Waals surface area contributed by atoms with Gasteiger partial charge in [0.05, 0.1) is 0 Å². The van der Waals surface area contributed by atoms with Gasteiger partial charge in [-0.05, 0) is 0 Å². The molecule has 0 aliphatic carbocycles. The van der Waals surface area contributed by atoms with E-state index in [1.54, 1.807) is 4.98 Å². The maximum absolute atomic E-state index is 11.8. The number of nitrogens with one attached hydrogen (secondary N) is 1. The number of ether oxygens (including phenoxy) is 1. The van der Waals surface area contributed by atoms with Gasteiger partial charge < -0.3 is 15.6 Å². The summed E-state index contributed by atoms with van der Waals surface area (Å²) in [7, 11) is 0. The van der Waals surface area contributed by atoms with Crippen molar-refractivity contribution in [3.63, 3.8) is 0 Å². The fourth-order valence-corrected chi connectivity index (χ4v) is 0.915. The van der Waals surface area contributed by atoms with Crippen molar-refractivity contribution in [1.82, 2.24) is 4.98 Å². The van der Waals surface area contributed by atoms with Crippen LogP contribution < -0.4 is 16.0 Å². The number of alkyl halides is 3. The Balaban J connectivity index is 3.12. The third kappa shape index (κ3) is 2.88. The van der Waals surface area contributed by atoms with Crippen LogP contribution in [0.5, 0.6) is 11.6 Å². The van der Waals surface area contributed by atoms with Crippen LogP contribution in [0.15, 0.2) is 10.9 Å². The molecule has 15 heavy (non-hydrogen) atoms. The number of aromatic amines is 1. The van der Waals surface area contributed by atoms with E-state index in [0.717, 1.165) is 6.07 Å². The number of aromatic hydroxyl groups is 1. The third-order valence-corrected chi connectivity index (χ3v) is 1.51. The molecule has 0 saturated heterocycles. The van der Waals surface area contributed by atoms with E-state index < -0.39 is 23.6 Å². The second kappa shape index (κ2) is 3.81. The van der Waals surface area contributed by atoms with Crippen molar-refractivity contribution in [2.45, 2.75) is 12.9 Å². The molecule has 5 nitrogen and oxygen atoms in total. The molecule has 0 radical (unpaired) electrons. The average Bonchev–Trinajstić information content (AvgIpc) is 2.08. The molecule has 1 aromatic rings. The van der Waals surface area contributed by atoms with E-state index in [9.17, 15) is 18.0 Å². The highest BCUT2D eigenvalue weighted by Gasteiger charge is 2.32. The molecule has 0 aliphatic rings. The standard InChI is InChI=1S/C7H7F3N2O3/c8-7(9,10)15-4-1-3(2-11)5(13)6(14)12-4/h1,13H,2,11H2,(H,12,14). The van der Waals surface area contributed by atoms with E-state index in [0.29, 0.717) is 0 Å². The lowest BCUT2D eigenvalue weighted by Gasteiger charge is -2.09. The Bertz CT molecular complexity index is 413. The van der Waals surface area contributed by atoms with E-state index in [2.05, 4.69) is 4.74 Å². The minimum Gasteiger partial charge on any atom is -0.503 e. The van der Waals surface area contributed by atoms with Crippen LogP contribution in [0.2, 0.25) is 0 Å². The molecule has 84 valence electrons. The molecular weight excluding hydrogens is 217 g/mol. The Kier molecular flexibility index (Phi) is 2.89. The molecule has 0 atom stereocenters. The lowest BCUT2D eigenvalue weighted by atomic mass is 10.2. The molecular formula is C7H7F3N2O3.